The molecule has 1 aromatic carbocycles. The Morgan fingerprint density at radius 2 is 2.05 bits per heavy atom. The zero-order chi connectivity index (χ0) is 14.4. The zero-order valence-electron chi connectivity index (χ0n) is 11.5. The Labute approximate surface area is 113 Å². The Balaban J connectivity index is 2.65. The lowest BCUT2D eigenvalue weighted by Gasteiger charge is -2.14. The van der Waals surface area contributed by atoms with E-state index in [-0.39, 0.29) is 12.5 Å². The molecule has 19 heavy (non-hydrogen) atoms. The summed E-state index contributed by atoms with van der Waals surface area (Å²) in [5.74, 6) is -1.21. The van der Waals surface area contributed by atoms with Gasteiger partial charge in [0, 0.05) is 5.69 Å². The van der Waals surface area contributed by atoms with Gasteiger partial charge in [-0.15, -0.1) is 0 Å². The molecule has 0 bridgehead atoms. The quantitative estimate of drug-likeness (QED) is 0.728. The molecule has 0 unspecified atom stereocenters. The monoisotopic (exact) mass is 264 g/mol. The van der Waals surface area contributed by atoms with Crippen LogP contribution in [0.5, 0.6) is 0 Å². The SMILES string of the molecule is CCc1cccc(C)c1NC(=O)CN[C@H](C)C(=O)O. The van der Waals surface area contributed by atoms with E-state index < -0.39 is 12.0 Å². The molecule has 0 spiro atoms. The molecule has 0 aliphatic carbocycles. The summed E-state index contributed by atoms with van der Waals surface area (Å²) >= 11 is 0. The number of rotatable bonds is 6. The minimum atomic E-state index is -0.974. The minimum absolute atomic E-state index is 0.0229. The lowest BCUT2D eigenvalue weighted by Crippen LogP contribution is -2.39. The maximum Gasteiger partial charge on any atom is 0.320 e. The van der Waals surface area contributed by atoms with Crippen LogP contribution < -0.4 is 10.6 Å². The molecule has 0 aromatic heterocycles. The first kappa shape index (κ1) is 15.2. The Bertz CT molecular complexity index is 472. The van der Waals surface area contributed by atoms with Gasteiger partial charge >= 0.3 is 5.97 Å². The zero-order valence-corrected chi connectivity index (χ0v) is 11.5. The topological polar surface area (TPSA) is 78.4 Å². The third-order valence-corrected chi connectivity index (χ3v) is 2.94. The first-order valence-corrected chi connectivity index (χ1v) is 6.30. The van der Waals surface area contributed by atoms with Crippen LogP contribution >= 0.6 is 0 Å². The van der Waals surface area contributed by atoms with Crippen molar-refractivity contribution in [1.29, 1.82) is 0 Å². The summed E-state index contributed by atoms with van der Waals surface area (Å²) in [6.45, 7) is 5.43. The van der Waals surface area contributed by atoms with E-state index in [1.807, 2.05) is 32.0 Å². The van der Waals surface area contributed by atoms with E-state index in [0.717, 1.165) is 23.2 Å². The summed E-state index contributed by atoms with van der Waals surface area (Å²) in [7, 11) is 0. The van der Waals surface area contributed by atoms with Crippen LogP contribution in [0.15, 0.2) is 18.2 Å². The Morgan fingerprint density at radius 3 is 2.63 bits per heavy atom. The van der Waals surface area contributed by atoms with Crippen LogP contribution in [0.1, 0.15) is 25.0 Å². The number of para-hydroxylation sites is 1. The molecular formula is C14H20N2O3. The lowest BCUT2D eigenvalue weighted by molar-refractivity contribution is -0.139. The fourth-order valence-electron chi connectivity index (χ4n) is 1.72. The molecular weight excluding hydrogens is 244 g/mol. The fourth-order valence-corrected chi connectivity index (χ4v) is 1.72. The van der Waals surface area contributed by atoms with Gasteiger partial charge in [0.25, 0.3) is 0 Å². The number of carbonyl (C=O) groups excluding carboxylic acids is 1. The Kier molecular flexibility index (Phi) is 5.51. The van der Waals surface area contributed by atoms with Crippen molar-refractivity contribution in [1.82, 2.24) is 5.32 Å². The summed E-state index contributed by atoms with van der Waals surface area (Å²) in [4.78, 5) is 22.4. The summed E-state index contributed by atoms with van der Waals surface area (Å²) in [5.41, 5.74) is 2.89. The normalized spacial score (nSPS) is 11.9. The minimum Gasteiger partial charge on any atom is -0.480 e. The first-order valence-electron chi connectivity index (χ1n) is 6.30. The molecule has 104 valence electrons. The van der Waals surface area contributed by atoms with Crippen molar-refractivity contribution in [2.24, 2.45) is 0 Å². The standard InChI is InChI=1S/C14H20N2O3/c1-4-11-7-5-6-9(2)13(11)16-12(17)8-15-10(3)14(18)19/h5-7,10,15H,4,8H2,1-3H3,(H,16,17)(H,18,19)/t10-/m1/s1. The second kappa shape index (κ2) is 6.89. The average molecular weight is 264 g/mol. The van der Waals surface area contributed by atoms with Gasteiger partial charge in [-0.25, -0.2) is 0 Å². The van der Waals surface area contributed by atoms with Crippen LogP contribution in [-0.4, -0.2) is 29.6 Å². The van der Waals surface area contributed by atoms with Gasteiger partial charge < -0.3 is 10.4 Å². The molecule has 0 aliphatic heterocycles. The summed E-state index contributed by atoms with van der Waals surface area (Å²) in [6.07, 6.45) is 0.830. The highest BCUT2D eigenvalue weighted by Gasteiger charge is 2.13. The number of benzene rings is 1. The van der Waals surface area contributed by atoms with Gasteiger partial charge in [0.15, 0.2) is 0 Å². The number of hydrogen-bond donors (Lipinski definition) is 3. The van der Waals surface area contributed by atoms with Crippen LogP contribution in [0.2, 0.25) is 0 Å². The highest BCUT2D eigenvalue weighted by molar-refractivity contribution is 5.94. The molecule has 1 atom stereocenters. The van der Waals surface area contributed by atoms with Crippen LogP contribution in [0.25, 0.3) is 0 Å². The second-order valence-electron chi connectivity index (χ2n) is 4.45. The molecule has 1 aromatic rings. The maximum absolute atomic E-state index is 11.8. The molecule has 0 radical (unpaired) electrons. The summed E-state index contributed by atoms with van der Waals surface area (Å²) < 4.78 is 0. The average Bonchev–Trinajstić information content (AvgIpc) is 2.38. The van der Waals surface area contributed by atoms with Crippen molar-refractivity contribution in [2.45, 2.75) is 33.2 Å². The number of carbonyl (C=O) groups is 2. The molecule has 0 aliphatic rings. The van der Waals surface area contributed by atoms with Gasteiger partial charge in [-0.1, -0.05) is 25.1 Å². The van der Waals surface area contributed by atoms with Crippen molar-refractivity contribution in [2.75, 3.05) is 11.9 Å². The Hall–Kier alpha value is -1.88. The molecule has 5 heteroatoms. The summed E-state index contributed by atoms with van der Waals surface area (Å²) in [5, 5.41) is 14.2. The van der Waals surface area contributed by atoms with Gasteiger partial charge in [0.2, 0.25) is 5.91 Å². The van der Waals surface area contributed by atoms with Crippen molar-refractivity contribution in [3.05, 3.63) is 29.3 Å². The lowest BCUT2D eigenvalue weighted by atomic mass is 10.1. The second-order valence-corrected chi connectivity index (χ2v) is 4.45. The summed E-state index contributed by atoms with van der Waals surface area (Å²) in [6, 6.07) is 5.11. The number of carboxylic acids is 1. The van der Waals surface area contributed by atoms with E-state index in [1.165, 1.54) is 6.92 Å². The first-order chi connectivity index (χ1) is 8.95. The van der Waals surface area contributed by atoms with Crippen molar-refractivity contribution in [3.8, 4) is 0 Å². The highest BCUT2D eigenvalue weighted by atomic mass is 16.4. The maximum atomic E-state index is 11.8. The largest absolute Gasteiger partial charge is 0.480 e. The number of amides is 1. The van der Waals surface area contributed by atoms with Gasteiger partial charge in [0.05, 0.1) is 6.54 Å². The van der Waals surface area contributed by atoms with Crippen molar-refractivity contribution >= 4 is 17.6 Å². The number of aryl methyl sites for hydroxylation is 2. The number of anilines is 1. The molecule has 0 heterocycles. The molecule has 0 fully saturated rings. The van der Waals surface area contributed by atoms with E-state index in [0.29, 0.717) is 0 Å². The van der Waals surface area contributed by atoms with Crippen molar-refractivity contribution < 1.29 is 14.7 Å². The smallest absolute Gasteiger partial charge is 0.320 e. The predicted octanol–water partition coefficient (Wildman–Crippen LogP) is 1.56. The fraction of sp³-hybridized carbons (Fsp3) is 0.429. The molecule has 1 amide bonds. The van der Waals surface area contributed by atoms with E-state index in [1.54, 1.807) is 0 Å². The third kappa shape index (κ3) is 4.37. The van der Waals surface area contributed by atoms with E-state index in [2.05, 4.69) is 10.6 Å². The van der Waals surface area contributed by atoms with Crippen molar-refractivity contribution in [3.63, 3.8) is 0 Å². The van der Waals surface area contributed by atoms with Crippen LogP contribution in [0, 0.1) is 6.92 Å². The Morgan fingerprint density at radius 1 is 1.37 bits per heavy atom. The third-order valence-electron chi connectivity index (χ3n) is 2.94. The highest BCUT2D eigenvalue weighted by Crippen LogP contribution is 2.20. The molecule has 0 saturated heterocycles. The predicted molar refractivity (Wildman–Crippen MR) is 74.3 cm³/mol. The van der Waals surface area contributed by atoms with Gasteiger partial charge in [-0.3, -0.25) is 14.9 Å². The van der Waals surface area contributed by atoms with Crippen LogP contribution in [0.3, 0.4) is 0 Å². The number of nitrogens with one attached hydrogen (secondary N) is 2. The van der Waals surface area contributed by atoms with Crippen LogP contribution in [-0.2, 0) is 16.0 Å². The molecule has 5 nitrogen and oxygen atoms in total. The molecule has 1 rings (SSSR count). The van der Waals surface area contributed by atoms with Crippen LogP contribution in [0.4, 0.5) is 5.69 Å². The number of carboxylic acid groups (broad SMARTS) is 1. The number of hydrogen-bond acceptors (Lipinski definition) is 3. The van der Waals surface area contributed by atoms with E-state index >= 15 is 0 Å². The van der Waals surface area contributed by atoms with E-state index in [4.69, 9.17) is 5.11 Å². The van der Waals surface area contributed by atoms with Gasteiger partial charge in [-0.05, 0) is 31.4 Å². The van der Waals surface area contributed by atoms with Gasteiger partial charge in [-0.2, -0.15) is 0 Å². The van der Waals surface area contributed by atoms with E-state index in [9.17, 15) is 9.59 Å². The van der Waals surface area contributed by atoms with Gasteiger partial charge in [0.1, 0.15) is 6.04 Å². The molecule has 3 N–H and O–H groups in total. The number of aliphatic carboxylic acids is 1. The molecule has 0 saturated carbocycles.